The SMILES string of the molecule is CCn1cc(CCNC)c2cccc(Cl)c21. The van der Waals surface area contributed by atoms with Crippen LogP contribution in [-0.4, -0.2) is 18.2 Å². The lowest BCUT2D eigenvalue weighted by atomic mass is 10.1. The van der Waals surface area contributed by atoms with Crippen molar-refractivity contribution < 1.29 is 0 Å². The van der Waals surface area contributed by atoms with Crippen molar-refractivity contribution in [2.24, 2.45) is 0 Å². The highest BCUT2D eigenvalue weighted by Gasteiger charge is 2.09. The van der Waals surface area contributed by atoms with Gasteiger partial charge in [-0.3, -0.25) is 0 Å². The Morgan fingerprint density at radius 1 is 1.38 bits per heavy atom. The van der Waals surface area contributed by atoms with Gasteiger partial charge >= 0.3 is 0 Å². The van der Waals surface area contributed by atoms with E-state index in [9.17, 15) is 0 Å². The summed E-state index contributed by atoms with van der Waals surface area (Å²) in [4.78, 5) is 0. The van der Waals surface area contributed by atoms with Gasteiger partial charge in [-0.2, -0.15) is 0 Å². The number of para-hydroxylation sites is 1. The molecule has 2 nitrogen and oxygen atoms in total. The van der Waals surface area contributed by atoms with Gasteiger partial charge in [0, 0.05) is 18.1 Å². The Labute approximate surface area is 101 Å². The summed E-state index contributed by atoms with van der Waals surface area (Å²) in [5, 5.41) is 5.31. The zero-order valence-electron chi connectivity index (χ0n) is 9.76. The van der Waals surface area contributed by atoms with Gasteiger partial charge in [0.05, 0.1) is 10.5 Å². The number of aromatic nitrogens is 1. The van der Waals surface area contributed by atoms with Crippen molar-refractivity contribution in [3.63, 3.8) is 0 Å². The molecule has 0 aliphatic rings. The van der Waals surface area contributed by atoms with Crippen molar-refractivity contribution in [2.75, 3.05) is 13.6 Å². The Morgan fingerprint density at radius 3 is 2.88 bits per heavy atom. The standard InChI is InChI=1S/C13H17ClN2/c1-3-16-9-10(7-8-15-2)11-5-4-6-12(14)13(11)16/h4-6,9,15H,3,7-8H2,1-2H3. The highest BCUT2D eigenvalue weighted by molar-refractivity contribution is 6.35. The normalized spacial score (nSPS) is 11.2. The van der Waals surface area contributed by atoms with Crippen LogP contribution in [0.2, 0.25) is 5.02 Å². The monoisotopic (exact) mass is 236 g/mol. The summed E-state index contributed by atoms with van der Waals surface area (Å²) in [6.07, 6.45) is 3.26. The molecule has 0 fully saturated rings. The van der Waals surface area contributed by atoms with Crippen LogP contribution in [0.5, 0.6) is 0 Å². The van der Waals surface area contributed by atoms with E-state index in [1.165, 1.54) is 10.9 Å². The van der Waals surface area contributed by atoms with Gasteiger partial charge in [0.2, 0.25) is 0 Å². The quantitative estimate of drug-likeness (QED) is 0.864. The number of benzene rings is 1. The summed E-state index contributed by atoms with van der Waals surface area (Å²) in [6, 6.07) is 6.13. The smallest absolute Gasteiger partial charge is 0.0672 e. The molecule has 0 bridgehead atoms. The molecule has 0 unspecified atom stereocenters. The van der Waals surface area contributed by atoms with E-state index in [2.05, 4.69) is 29.1 Å². The summed E-state index contributed by atoms with van der Waals surface area (Å²) in [5.74, 6) is 0. The Hall–Kier alpha value is -0.990. The highest BCUT2D eigenvalue weighted by Crippen LogP contribution is 2.28. The lowest BCUT2D eigenvalue weighted by Crippen LogP contribution is -2.09. The Balaban J connectivity index is 2.54. The maximum Gasteiger partial charge on any atom is 0.0672 e. The summed E-state index contributed by atoms with van der Waals surface area (Å²) in [7, 11) is 1.98. The molecule has 0 spiro atoms. The zero-order valence-corrected chi connectivity index (χ0v) is 10.5. The molecule has 0 radical (unpaired) electrons. The van der Waals surface area contributed by atoms with Crippen LogP contribution in [0.3, 0.4) is 0 Å². The number of likely N-dealkylation sites (N-methyl/N-ethyl adjacent to an activating group) is 1. The molecule has 1 aromatic carbocycles. The Kier molecular flexibility index (Phi) is 3.52. The van der Waals surface area contributed by atoms with Crippen LogP contribution < -0.4 is 5.32 Å². The highest BCUT2D eigenvalue weighted by atomic mass is 35.5. The first kappa shape index (κ1) is 11.5. The molecule has 1 heterocycles. The molecule has 1 N–H and O–H groups in total. The van der Waals surface area contributed by atoms with Gasteiger partial charge in [0.15, 0.2) is 0 Å². The molecule has 16 heavy (non-hydrogen) atoms. The first-order valence-corrected chi connectivity index (χ1v) is 6.06. The zero-order chi connectivity index (χ0) is 11.5. The maximum absolute atomic E-state index is 6.25. The molecule has 86 valence electrons. The molecular weight excluding hydrogens is 220 g/mol. The lowest BCUT2D eigenvalue weighted by Gasteiger charge is -2.01. The van der Waals surface area contributed by atoms with E-state index in [1.807, 2.05) is 19.2 Å². The van der Waals surface area contributed by atoms with Crippen molar-refractivity contribution in [3.05, 3.63) is 35.0 Å². The van der Waals surface area contributed by atoms with Crippen LogP contribution in [0.4, 0.5) is 0 Å². The fourth-order valence-corrected chi connectivity index (χ4v) is 2.38. The van der Waals surface area contributed by atoms with E-state index in [0.717, 1.165) is 30.0 Å². The third-order valence-corrected chi connectivity index (χ3v) is 3.22. The number of nitrogens with one attached hydrogen (secondary N) is 1. The van der Waals surface area contributed by atoms with E-state index in [1.54, 1.807) is 0 Å². The molecule has 0 amide bonds. The molecule has 0 atom stereocenters. The largest absolute Gasteiger partial charge is 0.346 e. The molecule has 1 aromatic heterocycles. The number of hydrogen-bond donors (Lipinski definition) is 1. The second-order valence-corrected chi connectivity index (χ2v) is 4.34. The minimum atomic E-state index is 0.843. The summed E-state index contributed by atoms with van der Waals surface area (Å²) in [6.45, 7) is 4.10. The summed E-state index contributed by atoms with van der Waals surface area (Å²) in [5.41, 5.74) is 2.53. The molecule has 2 aromatic rings. The maximum atomic E-state index is 6.25. The number of nitrogens with zero attached hydrogens (tertiary/aromatic N) is 1. The first-order valence-electron chi connectivity index (χ1n) is 5.68. The van der Waals surface area contributed by atoms with Crippen LogP contribution in [0.15, 0.2) is 24.4 Å². The van der Waals surface area contributed by atoms with Crippen LogP contribution in [0, 0.1) is 0 Å². The van der Waals surface area contributed by atoms with Crippen LogP contribution in [-0.2, 0) is 13.0 Å². The number of rotatable bonds is 4. The fourth-order valence-electron chi connectivity index (χ4n) is 2.10. The predicted octanol–water partition coefficient (Wildman–Crippen LogP) is 3.08. The summed E-state index contributed by atoms with van der Waals surface area (Å²) >= 11 is 6.25. The third kappa shape index (κ3) is 1.95. The average Bonchev–Trinajstić information content (AvgIpc) is 2.66. The van der Waals surface area contributed by atoms with Gasteiger partial charge in [-0.15, -0.1) is 0 Å². The van der Waals surface area contributed by atoms with Gasteiger partial charge in [0.25, 0.3) is 0 Å². The minimum Gasteiger partial charge on any atom is -0.346 e. The lowest BCUT2D eigenvalue weighted by molar-refractivity contribution is 0.771. The van der Waals surface area contributed by atoms with Crippen LogP contribution in [0.25, 0.3) is 10.9 Å². The van der Waals surface area contributed by atoms with Gasteiger partial charge in [-0.1, -0.05) is 23.7 Å². The molecular formula is C13H17ClN2. The molecule has 0 saturated carbocycles. The predicted molar refractivity (Wildman–Crippen MR) is 70.3 cm³/mol. The number of hydrogen-bond acceptors (Lipinski definition) is 1. The van der Waals surface area contributed by atoms with Crippen LogP contribution in [0.1, 0.15) is 12.5 Å². The topological polar surface area (TPSA) is 17.0 Å². The third-order valence-electron chi connectivity index (χ3n) is 2.92. The average molecular weight is 237 g/mol. The van der Waals surface area contributed by atoms with E-state index >= 15 is 0 Å². The van der Waals surface area contributed by atoms with E-state index in [4.69, 9.17) is 11.6 Å². The molecule has 0 aliphatic heterocycles. The first-order chi connectivity index (χ1) is 7.77. The van der Waals surface area contributed by atoms with Crippen LogP contribution >= 0.6 is 11.6 Å². The van der Waals surface area contributed by atoms with Crippen molar-refractivity contribution in [3.8, 4) is 0 Å². The molecule has 2 rings (SSSR count). The van der Waals surface area contributed by atoms with E-state index in [-0.39, 0.29) is 0 Å². The number of fused-ring (bicyclic) bond motifs is 1. The van der Waals surface area contributed by atoms with Gasteiger partial charge in [-0.25, -0.2) is 0 Å². The number of aryl methyl sites for hydroxylation is 1. The van der Waals surface area contributed by atoms with Gasteiger partial charge in [0.1, 0.15) is 0 Å². The van der Waals surface area contributed by atoms with Crippen molar-refractivity contribution in [1.82, 2.24) is 9.88 Å². The second-order valence-electron chi connectivity index (χ2n) is 3.93. The molecule has 0 aliphatic carbocycles. The van der Waals surface area contributed by atoms with Gasteiger partial charge < -0.3 is 9.88 Å². The van der Waals surface area contributed by atoms with E-state index < -0.39 is 0 Å². The minimum absolute atomic E-state index is 0.843. The Morgan fingerprint density at radius 2 is 2.19 bits per heavy atom. The second kappa shape index (κ2) is 4.89. The molecule has 3 heteroatoms. The summed E-state index contributed by atoms with van der Waals surface area (Å²) < 4.78 is 2.22. The molecule has 0 saturated heterocycles. The van der Waals surface area contributed by atoms with Gasteiger partial charge in [-0.05, 0) is 38.6 Å². The fraction of sp³-hybridized carbons (Fsp3) is 0.385. The van der Waals surface area contributed by atoms with Crippen molar-refractivity contribution >= 4 is 22.5 Å². The van der Waals surface area contributed by atoms with E-state index in [0.29, 0.717) is 0 Å². The number of halogens is 1. The Bertz CT molecular complexity index is 488. The van der Waals surface area contributed by atoms with Crippen molar-refractivity contribution in [2.45, 2.75) is 19.9 Å². The van der Waals surface area contributed by atoms with Crippen molar-refractivity contribution in [1.29, 1.82) is 0 Å².